The largest absolute Gasteiger partial charge is 0.326 e. The highest BCUT2D eigenvalue weighted by Crippen LogP contribution is 2.24. The summed E-state index contributed by atoms with van der Waals surface area (Å²) in [6, 6.07) is 13.4. The first-order valence-electron chi connectivity index (χ1n) is 8.16. The normalized spacial score (nSPS) is 17.2. The Morgan fingerprint density at radius 3 is 2.60 bits per heavy atom. The lowest BCUT2D eigenvalue weighted by atomic mass is 10.1. The maximum absolute atomic E-state index is 12.5. The molecule has 1 amide bonds. The second-order valence-electron chi connectivity index (χ2n) is 6.13. The molecule has 25 heavy (non-hydrogen) atoms. The summed E-state index contributed by atoms with van der Waals surface area (Å²) in [5.41, 5.74) is 1.81. The minimum absolute atomic E-state index is 0.0502. The number of amides is 1. The molecule has 6 nitrogen and oxygen atoms in total. The van der Waals surface area contributed by atoms with E-state index in [0.717, 1.165) is 18.5 Å². The minimum atomic E-state index is -3.67. The standard InChI is InChI=1S/C18H21N3O3S/c1-13-7-8-15(20-18(22)14-9-10-19-12-14)11-17(13)21-25(23,24)16-5-3-2-4-6-16/h2-8,11,14,19,21H,9-10,12H2,1H3,(H,20,22). The summed E-state index contributed by atoms with van der Waals surface area (Å²) in [6.45, 7) is 3.33. The van der Waals surface area contributed by atoms with E-state index in [1.54, 1.807) is 36.4 Å². The van der Waals surface area contributed by atoms with Crippen LogP contribution in [-0.2, 0) is 14.8 Å². The average Bonchev–Trinajstić information content (AvgIpc) is 3.13. The second-order valence-corrected chi connectivity index (χ2v) is 7.81. The predicted octanol–water partition coefficient (Wildman–Crippen LogP) is 2.34. The number of aryl methyl sites for hydroxylation is 1. The molecule has 3 rings (SSSR count). The number of hydrogen-bond donors (Lipinski definition) is 3. The van der Waals surface area contributed by atoms with E-state index >= 15 is 0 Å². The zero-order valence-electron chi connectivity index (χ0n) is 14.0. The number of carbonyl (C=O) groups excluding carboxylic acids is 1. The van der Waals surface area contributed by atoms with Gasteiger partial charge in [-0.2, -0.15) is 0 Å². The van der Waals surface area contributed by atoms with Gasteiger partial charge in [-0.05, 0) is 49.7 Å². The molecule has 1 unspecified atom stereocenters. The number of anilines is 2. The Morgan fingerprint density at radius 2 is 1.92 bits per heavy atom. The van der Waals surface area contributed by atoms with E-state index in [4.69, 9.17) is 0 Å². The lowest BCUT2D eigenvalue weighted by molar-refractivity contribution is -0.119. The van der Waals surface area contributed by atoms with Crippen LogP contribution in [0.5, 0.6) is 0 Å². The van der Waals surface area contributed by atoms with E-state index in [0.29, 0.717) is 17.9 Å². The summed E-state index contributed by atoms with van der Waals surface area (Å²) in [5.74, 6) is -0.100. The van der Waals surface area contributed by atoms with E-state index in [1.165, 1.54) is 12.1 Å². The Labute approximate surface area is 147 Å². The molecule has 1 aliphatic heterocycles. The first-order chi connectivity index (χ1) is 12.0. The fraction of sp³-hybridized carbons (Fsp3) is 0.278. The van der Waals surface area contributed by atoms with Crippen LogP contribution < -0.4 is 15.4 Å². The van der Waals surface area contributed by atoms with Crippen molar-refractivity contribution in [3.8, 4) is 0 Å². The summed E-state index contributed by atoms with van der Waals surface area (Å²) >= 11 is 0. The zero-order chi connectivity index (χ0) is 17.9. The molecule has 0 aliphatic carbocycles. The van der Waals surface area contributed by atoms with Gasteiger partial charge in [0.25, 0.3) is 10.0 Å². The van der Waals surface area contributed by atoms with Gasteiger partial charge in [-0.15, -0.1) is 0 Å². The Hall–Kier alpha value is -2.38. The van der Waals surface area contributed by atoms with Crippen molar-refractivity contribution >= 4 is 27.3 Å². The molecule has 1 saturated heterocycles. The SMILES string of the molecule is Cc1ccc(NC(=O)C2CCNC2)cc1NS(=O)(=O)c1ccccc1. The molecule has 1 atom stereocenters. The lowest BCUT2D eigenvalue weighted by Gasteiger charge is -2.14. The van der Waals surface area contributed by atoms with Crippen molar-refractivity contribution < 1.29 is 13.2 Å². The van der Waals surface area contributed by atoms with Gasteiger partial charge in [-0.3, -0.25) is 9.52 Å². The summed E-state index contributed by atoms with van der Waals surface area (Å²) in [4.78, 5) is 12.4. The highest BCUT2D eigenvalue weighted by Gasteiger charge is 2.22. The third kappa shape index (κ3) is 4.18. The van der Waals surface area contributed by atoms with Crippen LogP contribution in [0.25, 0.3) is 0 Å². The number of hydrogen-bond acceptors (Lipinski definition) is 4. The number of benzene rings is 2. The summed E-state index contributed by atoms with van der Waals surface area (Å²) in [5, 5.41) is 6.02. The van der Waals surface area contributed by atoms with Gasteiger partial charge in [0.1, 0.15) is 0 Å². The number of carbonyl (C=O) groups is 1. The van der Waals surface area contributed by atoms with Crippen LogP contribution in [0.15, 0.2) is 53.4 Å². The van der Waals surface area contributed by atoms with Crippen LogP contribution in [0.2, 0.25) is 0 Å². The van der Waals surface area contributed by atoms with E-state index in [9.17, 15) is 13.2 Å². The molecule has 0 spiro atoms. The van der Waals surface area contributed by atoms with E-state index < -0.39 is 10.0 Å². The fourth-order valence-electron chi connectivity index (χ4n) is 2.74. The molecule has 2 aromatic carbocycles. The minimum Gasteiger partial charge on any atom is -0.326 e. The molecular formula is C18H21N3O3S. The topological polar surface area (TPSA) is 87.3 Å². The summed E-state index contributed by atoms with van der Waals surface area (Å²) < 4.78 is 27.6. The Morgan fingerprint density at radius 1 is 1.16 bits per heavy atom. The molecular weight excluding hydrogens is 338 g/mol. The first-order valence-corrected chi connectivity index (χ1v) is 9.64. The maximum Gasteiger partial charge on any atom is 0.261 e. The van der Waals surface area contributed by atoms with Crippen molar-refractivity contribution in [3.63, 3.8) is 0 Å². The summed E-state index contributed by atoms with van der Waals surface area (Å²) in [6.07, 6.45) is 0.811. The molecule has 0 bridgehead atoms. The zero-order valence-corrected chi connectivity index (χ0v) is 14.8. The first kappa shape index (κ1) is 17.4. The van der Waals surface area contributed by atoms with Crippen molar-refractivity contribution in [2.24, 2.45) is 5.92 Å². The molecule has 132 valence electrons. The molecule has 0 aromatic heterocycles. The quantitative estimate of drug-likeness (QED) is 0.765. The van der Waals surface area contributed by atoms with Crippen molar-refractivity contribution in [3.05, 3.63) is 54.1 Å². The molecule has 2 aromatic rings. The third-order valence-corrected chi connectivity index (χ3v) is 5.62. The van der Waals surface area contributed by atoms with Crippen LogP contribution >= 0.6 is 0 Å². The Bertz CT molecular complexity index is 860. The van der Waals surface area contributed by atoms with E-state index in [1.807, 2.05) is 6.92 Å². The monoisotopic (exact) mass is 359 g/mol. The highest BCUT2D eigenvalue weighted by molar-refractivity contribution is 7.92. The van der Waals surface area contributed by atoms with Gasteiger partial charge in [0.2, 0.25) is 5.91 Å². The highest BCUT2D eigenvalue weighted by atomic mass is 32.2. The van der Waals surface area contributed by atoms with Gasteiger partial charge in [-0.1, -0.05) is 24.3 Å². The third-order valence-electron chi connectivity index (χ3n) is 4.23. The van der Waals surface area contributed by atoms with Gasteiger partial charge in [0.15, 0.2) is 0 Å². The second kappa shape index (κ2) is 7.25. The average molecular weight is 359 g/mol. The fourth-order valence-corrected chi connectivity index (χ4v) is 3.88. The van der Waals surface area contributed by atoms with Crippen LogP contribution in [0.1, 0.15) is 12.0 Å². The van der Waals surface area contributed by atoms with Crippen molar-refractivity contribution in [1.29, 1.82) is 0 Å². The van der Waals surface area contributed by atoms with Gasteiger partial charge < -0.3 is 10.6 Å². The van der Waals surface area contributed by atoms with Crippen LogP contribution in [-0.4, -0.2) is 27.4 Å². The number of sulfonamides is 1. The maximum atomic E-state index is 12.5. The molecule has 0 radical (unpaired) electrons. The van der Waals surface area contributed by atoms with Crippen molar-refractivity contribution in [2.75, 3.05) is 23.1 Å². The van der Waals surface area contributed by atoms with E-state index in [2.05, 4.69) is 15.4 Å². The predicted molar refractivity (Wildman–Crippen MR) is 98.0 cm³/mol. The molecule has 1 aliphatic rings. The van der Waals surface area contributed by atoms with E-state index in [-0.39, 0.29) is 16.7 Å². The van der Waals surface area contributed by atoms with Gasteiger partial charge in [0.05, 0.1) is 16.5 Å². The molecule has 7 heteroatoms. The van der Waals surface area contributed by atoms with Crippen LogP contribution in [0.3, 0.4) is 0 Å². The molecule has 0 saturated carbocycles. The van der Waals surface area contributed by atoms with Crippen LogP contribution in [0.4, 0.5) is 11.4 Å². The van der Waals surface area contributed by atoms with Gasteiger partial charge in [0, 0.05) is 12.2 Å². The Kier molecular flexibility index (Phi) is 5.06. The molecule has 1 heterocycles. The molecule has 3 N–H and O–H groups in total. The van der Waals surface area contributed by atoms with Gasteiger partial charge >= 0.3 is 0 Å². The smallest absolute Gasteiger partial charge is 0.261 e. The lowest BCUT2D eigenvalue weighted by Crippen LogP contribution is -2.24. The van der Waals surface area contributed by atoms with Crippen LogP contribution in [0, 0.1) is 12.8 Å². The summed E-state index contributed by atoms with van der Waals surface area (Å²) in [7, 11) is -3.67. The van der Waals surface area contributed by atoms with Crippen molar-refractivity contribution in [1.82, 2.24) is 5.32 Å². The molecule has 1 fully saturated rings. The number of rotatable bonds is 5. The number of nitrogens with one attached hydrogen (secondary N) is 3. The van der Waals surface area contributed by atoms with Gasteiger partial charge in [-0.25, -0.2) is 8.42 Å². The Balaban J connectivity index is 1.79. The van der Waals surface area contributed by atoms with Crippen molar-refractivity contribution in [2.45, 2.75) is 18.2 Å².